The SMILES string of the molecule is CCCCn1c(CCl)nc2cc(F)c(Cl)cc21. The van der Waals surface area contributed by atoms with Crippen LogP contribution in [-0.4, -0.2) is 9.55 Å². The van der Waals surface area contributed by atoms with Crippen LogP contribution in [-0.2, 0) is 12.4 Å². The minimum absolute atomic E-state index is 0.122. The van der Waals surface area contributed by atoms with Gasteiger partial charge in [-0.1, -0.05) is 24.9 Å². The van der Waals surface area contributed by atoms with Crippen molar-refractivity contribution < 1.29 is 4.39 Å². The molecule has 2 aromatic rings. The number of hydrogen-bond donors (Lipinski definition) is 0. The number of imidazole rings is 1. The Morgan fingerprint density at radius 3 is 2.82 bits per heavy atom. The first-order valence-corrected chi connectivity index (χ1v) is 6.48. The first-order valence-electron chi connectivity index (χ1n) is 5.57. The van der Waals surface area contributed by atoms with Gasteiger partial charge in [0.15, 0.2) is 0 Å². The van der Waals surface area contributed by atoms with Crippen LogP contribution in [0, 0.1) is 5.82 Å². The quantitative estimate of drug-likeness (QED) is 0.758. The summed E-state index contributed by atoms with van der Waals surface area (Å²) in [6.45, 7) is 2.95. The molecular formula is C12H13Cl2FN2. The van der Waals surface area contributed by atoms with Crippen LogP contribution in [0.4, 0.5) is 4.39 Å². The van der Waals surface area contributed by atoms with E-state index in [0.29, 0.717) is 11.4 Å². The second kappa shape index (κ2) is 5.23. The second-order valence-electron chi connectivity index (χ2n) is 3.92. The normalized spacial score (nSPS) is 11.3. The number of aryl methyl sites for hydroxylation is 1. The van der Waals surface area contributed by atoms with Crippen molar-refractivity contribution in [1.29, 1.82) is 0 Å². The van der Waals surface area contributed by atoms with Crippen molar-refractivity contribution in [3.8, 4) is 0 Å². The van der Waals surface area contributed by atoms with Crippen molar-refractivity contribution in [2.75, 3.05) is 0 Å². The van der Waals surface area contributed by atoms with Crippen molar-refractivity contribution >= 4 is 34.2 Å². The average Bonchev–Trinajstić information content (AvgIpc) is 2.64. The van der Waals surface area contributed by atoms with E-state index in [1.807, 2.05) is 4.57 Å². The smallest absolute Gasteiger partial charge is 0.144 e. The molecule has 0 aliphatic carbocycles. The van der Waals surface area contributed by atoms with Crippen LogP contribution in [0.3, 0.4) is 0 Å². The van der Waals surface area contributed by atoms with Gasteiger partial charge in [-0.15, -0.1) is 11.6 Å². The molecule has 0 radical (unpaired) electrons. The fourth-order valence-corrected chi connectivity index (χ4v) is 2.20. The lowest BCUT2D eigenvalue weighted by molar-refractivity contribution is 0.624. The summed E-state index contributed by atoms with van der Waals surface area (Å²) in [5, 5.41) is 0.122. The highest BCUT2D eigenvalue weighted by molar-refractivity contribution is 6.31. The molecule has 0 aliphatic heterocycles. The fourth-order valence-electron chi connectivity index (χ4n) is 1.84. The minimum Gasteiger partial charge on any atom is -0.327 e. The fraction of sp³-hybridized carbons (Fsp3) is 0.417. The third-order valence-corrected chi connectivity index (χ3v) is 3.25. The van der Waals surface area contributed by atoms with Gasteiger partial charge in [-0.05, 0) is 12.5 Å². The van der Waals surface area contributed by atoms with E-state index >= 15 is 0 Å². The lowest BCUT2D eigenvalue weighted by Gasteiger charge is -2.06. The zero-order valence-corrected chi connectivity index (χ0v) is 11.0. The molecule has 5 heteroatoms. The van der Waals surface area contributed by atoms with E-state index in [4.69, 9.17) is 23.2 Å². The maximum atomic E-state index is 13.3. The number of unbranched alkanes of at least 4 members (excludes halogenated alkanes) is 1. The van der Waals surface area contributed by atoms with Crippen molar-refractivity contribution in [1.82, 2.24) is 9.55 Å². The Morgan fingerprint density at radius 1 is 1.41 bits per heavy atom. The van der Waals surface area contributed by atoms with Gasteiger partial charge in [0.05, 0.1) is 21.9 Å². The van der Waals surface area contributed by atoms with E-state index < -0.39 is 5.82 Å². The zero-order chi connectivity index (χ0) is 12.4. The van der Waals surface area contributed by atoms with E-state index in [1.165, 1.54) is 6.07 Å². The summed E-state index contributed by atoms with van der Waals surface area (Å²) >= 11 is 11.6. The molecular weight excluding hydrogens is 262 g/mol. The Bertz CT molecular complexity index is 537. The van der Waals surface area contributed by atoms with E-state index in [9.17, 15) is 4.39 Å². The molecule has 2 nitrogen and oxygen atoms in total. The van der Waals surface area contributed by atoms with Gasteiger partial charge < -0.3 is 4.57 Å². The summed E-state index contributed by atoms with van der Waals surface area (Å²) < 4.78 is 15.3. The van der Waals surface area contributed by atoms with Gasteiger partial charge in [0.25, 0.3) is 0 Å². The molecule has 1 aromatic carbocycles. The van der Waals surface area contributed by atoms with Gasteiger partial charge in [0, 0.05) is 12.6 Å². The number of halogens is 3. The highest BCUT2D eigenvalue weighted by atomic mass is 35.5. The summed E-state index contributed by atoms with van der Waals surface area (Å²) in [6, 6.07) is 2.97. The molecule has 17 heavy (non-hydrogen) atoms. The zero-order valence-electron chi connectivity index (χ0n) is 9.51. The third kappa shape index (κ3) is 2.40. The number of hydrogen-bond acceptors (Lipinski definition) is 1. The number of benzene rings is 1. The van der Waals surface area contributed by atoms with Crippen molar-refractivity contribution in [2.24, 2.45) is 0 Å². The lowest BCUT2D eigenvalue weighted by atomic mass is 10.3. The van der Waals surface area contributed by atoms with Crippen LogP contribution < -0.4 is 0 Å². The largest absolute Gasteiger partial charge is 0.327 e. The van der Waals surface area contributed by atoms with Crippen LogP contribution in [0.15, 0.2) is 12.1 Å². The maximum absolute atomic E-state index is 13.3. The summed E-state index contributed by atoms with van der Waals surface area (Å²) in [7, 11) is 0. The highest BCUT2D eigenvalue weighted by Gasteiger charge is 2.12. The van der Waals surface area contributed by atoms with Gasteiger partial charge in [0.2, 0.25) is 0 Å². The third-order valence-electron chi connectivity index (χ3n) is 2.72. The number of fused-ring (bicyclic) bond motifs is 1. The van der Waals surface area contributed by atoms with Crippen LogP contribution in [0.2, 0.25) is 5.02 Å². The molecule has 1 aromatic heterocycles. The summed E-state index contributed by atoms with van der Waals surface area (Å²) in [5.74, 6) is 0.634. The Labute approximate surface area is 109 Å². The number of rotatable bonds is 4. The summed E-state index contributed by atoms with van der Waals surface area (Å²) in [4.78, 5) is 4.32. The molecule has 0 amide bonds. The van der Waals surface area contributed by atoms with Gasteiger partial charge in [0.1, 0.15) is 11.6 Å². The number of nitrogens with zero attached hydrogens (tertiary/aromatic N) is 2. The van der Waals surface area contributed by atoms with Crippen LogP contribution in [0.5, 0.6) is 0 Å². The molecule has 0 N–H and O–H groups in total. The highest BCUT2D eigenvalue weighted by Crippen LogP contribution is 2.24. The van der Waals surface area contributed by atoms with Gasteiger partial charge in [-0.3, -0.25) is 0 Å². The lowest BCUT2D eigenvalue weighted by Crippen LogP contribution is -2.02. The number of aromatic nitrogens is 2. The molecule has 0 bridgehead atoms. The van der Waals surface area contributed by atoms with E-state index in [-0.39, 0.29) is 5.02 Å². The topological polar surface area (TPSA) is 17.8 Å². The van der Waals surface area contributed by atoms with Crippen molar-refractivity contribution in [3.05, 3.63) is 28.8 Å². The summed E-state index contributed by atoms with van der Waals surface area (Å²) in [6.07, 6.45) is 2.11. The molecule has 92 valence electrons. The number of alkyl halides is 1. The average molecular weight is 275 g/mol. The Morgan fingerprint density at radius 2 is 2.18 bits per heavy atom. The minimum atomic E-state index is -0.444. The molecule has 0 fully saturated rings. The van der Waals surface area contributed by atoms with Gasteiger partial charge in [-0.25, -0.2) is 9.37 Å². The van der Waals surface area contributed by atoms with Crippen molar-refractivity contribution in [3.63, 3.8) is 0 Å². The van der Waals surface area contributed by atoms with E-state index in [0.717, 1.165) is 30.7 Å². The molecule has 0 saturated heterocycles. The van der Waals surface area contributed by atoms with Crippen LogP contribution >= 0.6 is 23.2 Å². The summed E-state index contributed by atoms with van der Waals surface area (Å²) in [5.41, 5.74) is 1.46. The molecule has 1 heterocycles. The van der Waals surface area contributed by atoms with Gasteiger partial charge in [-0.2, -0.15) is 0 Å². The molecule has 0 unspecified atom stereocenters. The Kier molecular flexibility index (Phi) is 3.89. The van der Waals surface area contributed by atoms with E-state index in [1.54, 1.807) is 6.07 Å². The first kappa shape index (κ1) is 12.7. The van der Waals surface area contributed by atoms with Crippen molar-refractivity contribution in [2.45, 2.75) is 32.2 Å². The molecule has 0 atom stereocenters. The molecule has 0 spiro atoms. The van der Waals surface area contributed by atoms with Crippen LogP contribution in [0.25, 0.3) is 11.0 Å². The predicted octanol–water partition coefficient (Wildman–Crippen LogP) is 4.37. The van der Waals surface area contributed by atoms with Crippen LogP contribution in [0.1, 0.15) is 25.6 Å². The molecule has 0 saturated carbocycles. The molecule has 2 rings (SSSR count). The second-order valence-corrected chi connectivity index (χ2v) is 4.60. The monoisotopic (exact) mass is 274 g/mol. The molecule has 0 aliphatic rings. The predicted molar refractivity (Wildman–Crippen MR) is 69.2 cm³/mol. The Balaban J connectivity index is 2.57. The standard InChI is InChI=1S/C12H13Cl2FN2/c1-2-3-4-17-11-5-8(14)9(15)6-10(11)16-12(17)7-13/h5-6H,2-4,7H2,1H3. The first-order chi connectivity index (χ1) is 8.17. The Hall–Kier alpha value is -0.800. The van der Waals surface area contributed by atoms with E-state index in [2.05, 4.69) is 11.9 Å². The van der Waals surface area contributed by atoms with Gasteiger partial charge >= 0.3 is 0 Å². The maximum Gasteiger partial charge on any atom is 0.144 e.